The van der Waals surface area contributed by atoms with Crippen LogP contribution in [0.3, 0.4) is 0 Å². The number of methoxy groups -OCH3 is 1. The SMILES string of the molecule is COC(=O)Cc1nc2ccc(C)cn2c1N=Nc1ccc(N(C)C)cc1. The van der Waals surface area contributed by atoms with Gasteiger partial charge in [-0.1, -0.05) is 6.07 Å². The van der Waals surface area contributed by atoms with Gasteiger partial charge in [0.15, 0.2) is 5.82 Å². The van der Waals surface area contributed by atoms with Crippen LogP contribution in [0.5, 0.6) is 0 Å². The number of pyridine rings is 1. The maximum absolute atomic E-state index is 11.7. The predicted octanol–water partition coefficient (Wildman–Crippen LogP) is 3.84. The summed E-state index contributed by atoms with van der Waals surface area (Å²) in [6, 6.07) is 11.6. The number of nitrogens with zero attached hydrogens (tertiary/aromatic N) is 5. The Balaban J connectivity index is 1.99. The Morgan fingerprint density at radius 3 is 2.54 bits per heavy atom. The van der Waals surface area contributed by atoms with Crippen LogP contribution in [-0.2, 0) is 16.0 Å². The largest absolute Gasteiger partial charge is 0.469 e. The highest BCUT2D eigenvalue weighted by molar-refractivity contribution is 5.74. The molecule has 2 aromatic heterocycles. The number of imidazole rings is 1. The molecule has 0 fully saturated rings. The highest BCUT2D eigenvalue weighted by atomic mass is 16.5. The lowest BCUT2D eigenvalue weighted by molar-refractivity contribution is -0.139. The van der Waals surface area contributed by atoms with E-state index in [4.69, 9.17) is 4.74 Å². The molecule has 134 valence electrons. The van der Waals surface area contributed by atoms with Crippen LogP contribution >= 0.6 is 0 Å². The molecule has 0 bridgehead atoms. The second kappa shape index (κ2) is 7.35. The molecular formula is C19H21N5O2. The molecule has 0 atom stereocenters. The van der Waals surface area contributed by atoms with Crippen LogP contribution in [0, 0.1) is 6.92 Å². The Morgan fingerprint density at radius 2 is 1.88 bits per heavy atom. The fraction of sp³-hybridized carbons (Fsp3) is 0.263. The van der Waals surface area contributed by atoms with E-state index >= 15 is 0 Å². The second-order valence-corrected chi connectivity index (χ2v) is 6.18. The lowest BCUT2D eigenvalue weighted by Gasteiger charge is -2.11. The van der Waals surface area contributed by atoms with Crippen LogP contribution in [0.25, 0.3) is 5.65 Å². The predicted molar refractivity (Wildman–Crippen MR) is 101 cm³/mol. The number of azo groups is 1. The molecule has 0 unspecified atom stereocenters. The number of carbonyl (C=O) groups is 1. The third-order valence-corrected chi connectivity index (χ3v) is 3.98. The van der Waals surface area contributed by atoms with E-state index in [1.165, 1.54) is 7.11 Å². The highest BCUT2D eigenvalue weighted by Gasteiger charge is 2.16. The molecule has 0 radical (unpaired) electrons. The van der Waals surface area contributed by atoms with Crippen molar-refractivity contribution >= 4 is 28.8 Å². The van der Waals surface area contributed by atoms with Crippen molar-refractivity contribution < 1.29 is 9.53 Å². The number of esters is 1. The summed E-state index contributed by atoms with van der Waals surface area (Å²) < 4.78 is 6.60. The number of aromatic nitrogens is 2. The first-order valence-electron chi connectivity index (χ1n) is 8.21. The Morgan fingerprint density at radius 1 is 1.15 bits per heavy atom. The van der Waals surface area contributed by atoms with E-state index < -0.39 is 0 Å². The normalized spacial score (nSPS) is 11.2. The molecule has 2 heterocycles. The van der Waals surface area contributed by atoms with Crippen molar-refractivity contribution in [3.63, 3.8) is 0 Å². The number of carbonyl (C=O) groups excluding carboxylic acids is 1. The molecule has 0 saturated carbocycles. The van der Waals surface area contributed by atoms with Crippen LogP contribution in [0.2, 0.25) is 0 Å². The molecule has 0 saturated heterocycles. The summed E-state index contributed by atoms with van der Waals surface area (Å²) in [5, 5.41) is 8.69. The minimum absolute atomic E-state index is 0.0468. The van der Waals surface area contributed by atoms with E-state index in [0.717, 1.165) is 16.9 Å². The van der Waals surface area contributed by atoms with Crippen molar-refractivity contribution in [3.05, 3.63) is 53.9 Å². The van der Waals surface area contributed by atoms with Gasteiger partial charge in [-0.05, 0) is 42.8 Å². The fourth-order valence-electron chi connectivity index (χ4n) is 2.54. The van der Waals surface area contributed by atoms with Crippen LogP contribution in [0.15, 0.2) is 52.8 Å². The van der Waals surface area contributed by atoms with Crippen molar-refractivity contribution in [1.82, 2.24) is 9.38 Å². The second-order valence-electron chi connectivity index (χ2n) is 6.18. The van der Waals surface area contributed by atoms with Gasteiger partial charge in [0.2, 0.25) is 0 Å². The number of benzene rings is 1. The highest BCUT2D eigenvalue weighted by Crippen LogP contribution is 2.26. The van der Waals surface area contributed by atoms with Gasteiger partial charge in [-0.3, -0.25) is 9.20 Å². The molecule has 7 heteroatoms. The molecule has 0 spiro atoms. The van der Waals surface area contributed by atoms with Gasteiger partial charge in [-0.2, -0.15) is 0 Å². The molecule has 1 aromatic carbocycles. The minimum atomic E-state index is -0.364. The number of rotatable bonds is 5. The molecule has 0 aliphatic heterocycles. The van der Waals surface area contributed by atoms with E-state index in [0.29, 0.717) is 17.2 Å². The van der Waals surface area contributed by atoms with Gasteiger partial charge < -0.3 is 9.64 Å². The third kappa shape index (κ3) is 3.72. The maximum atomic E-state index is 11.7. The fourth-order valence-corrected chi connectivity index (χ4v) is 2.54. The van der Waals surface area contributed by atoms with Gasteiger partial charge in [0.05, 0.1) is 24.9 Å². The van der Waals surface area contributed by atoms with E-state index in [-0.39, 0.29) is 12.4 Å². The van der Waals surface area contributed by atoms with E-state index in [1.807, 2.05) is 72.9 Å². The number of ether oxygens (including phenoxy) is 1. The monoisotopic (exact) mass is 351 g/mol. The molecule has 3 aromatic rings. The number of anilines is 1. The summed E-state index contributed by atoms with van der Waals surface area (Å²) in [5.41, 5.74) is 4.12. The van der Waals surface area contributed by atoms with E-state index in [1.54, 1.807) is 0 Å². The van der Waals surface area contributed by atoms with Crippen molar-refractivity contribution in [3.8, 4) is 0 Å². The van der Waals surface area contributed by atoms with Crippen LogP contribution < -0.4 is 4.90 Å². The number of aryl methyl sites for hydroxylation is 1. The first-order valence-corrected chi connectivity index (χ1v) is 8.21. The first-order chi connectivity index (χ1) is 12.5. The van der Waals surface area contributed by atoms with Gasteiger partial charge in [0.1, 0.15) is 5.65 Å². The molecule has 0 aliphatic rings. The topological polar surface area (TPSA) is 71.6 Å². The molecule has 7 nitrogen and oxygen atoms in total. The molecule has 26 heavy (non-hydrogen) atoms. The Hall–Kier alpha value is -3.22. The Kier molecular flexibility index (Phi) is 4.97. The van der Waals surface area contributed by atoms with Gasteiger partial charge >= 0.3 is 5.97 Å². The zero-order valence-electron chi connectivity index (χ0n) is 15.3. The van der Waals surface area contributed by atoms with Crippen molar-refractivity contribution in [2.45, 2.75) is 13.3 Å². The number of hydrogen-bond donors (Lipinski definition) is 0. The molecule has 0 amide bonds. The van der Waals surface area contributed by atoms with Gasteiger partial charge in [0, 0.05) is 26.0 Å². The molecule has 0 aliphatic carbocycles. The lowest BCUT2D eigenvalue weighted by atomic mass is 10.3. The maximum Gasteiger partial charge on any atom is 0.311 e. The molecule has 3 rings (SSSR count). The zero-order valence-corrected chi connectivity index (χ0v) is 15.3. The van der Waals surface area contributed by atoms with Crippen LogP contribution in [0.1, 0.15) is 11.3 Å². The standard InChI is InChI=1S/C19H21N5O2/c1-13-5-10-17-20-16(11-18(25)26-4)19(24(17)12-13)22-21-14-6-8-15(9-7-14)23(2)3/h5-10,12H,11H2,1-4H3. The van der Waals surface area contributed by atoms with Gasteiger partial charge in [-0.15, -0.1) is 10.2 Å². The summed E-state index contributed by atoms with van der Waals surface area (Å²) >= 11 is 0. The van der Waals surface area contributed by atoms with Crippen LogP contribution in [-0.4, -0.2) is 36.6 Å². The number of hydrogen-bond acceptors (Lipinski definition) is 6. The summed E-state index contributed by atoms with van der Waals surface area (Å²) in [7, 11) is 5.32. The lowest BCUT2D eigenvalue weighted by Crippen LogP contribution is -2.07. The smallest absolute Gasteiger partial charge is 0.311 e. The molecular weight excluding hydrogens is 330 g/mol. The Labute approximate surface area is 151 Å². The van der Waals surface area contributed by atoms with Crippen molar-refractivity contribution in [2.75, 3.05) is 26.1 Å². The average molecular weight is 351 g/mol. The van der Waals surface area contributed by atoms with E-state index in [9.17, 15) is 4.79 Å². The van der Waals surface area contributed by atoms with Crippen LogP contribution in [0.4, 0.5) is 17.2 Å². The minimum Gasteiger partial charge on any atom is -0.469 e. The molecule has 0 N–H and O–H groups in total. The first kappa shape index (κ1) is 17.6. The van der Waals surface area contributed by atoms with Gasteiger partial charge in [0.25, 0.3) is 0 Å². The third-order valence-electron chi connectivity index (χ3n) is 3.98. The average Bonchev–Trinajstić information content (AvgIpc) is 2.96. The summed E-state index contributed by atoms with van der Waals surface area (Å²) in [6.45, 7) is 1.99. The van der Waals surface area contributed by atoms with Crippen molar-refractivity contribution in [2.24, 2.45) is 10.2 Å². The Bertz CT molecular complexity index is 958. The van der Waals surface area contributed by atoms with Gasteiger partial charge in [-0.25, -0.2) is 4.98 Å². The summed E-state index contributed by atoms with van der Waals surface area (Å²) in [6.07, 6.45) is 1.97. The quantitative estimate of drug-likeness (QED) is 0.517. The number of fused-ring (bicyclic) bond motifs is 1. The van der Waals surface area contributed by atoms with Crippen molar-refractivity contribution in [1.29, 1.82) is 0 Å². The summed E-state index contributed by atoms with van der Waals surface area (Å²) in [5.74, 6) is 0.169. The van der Waals surface area contributed by atoms with E-state index in [2.05, 4.69) is 15.2 Å². The zero-order chi connectivity index (χ0) is 18.7. The summed E-state index contributed by atoms with van der Waals surface area (Å²) in [4.78, 5) is 18.2.